The average molecular weight is 248 g/mol. The van der Waals surface area contributed by atoms with E-state index in [2.05, 4.69) is 4.98 Å². The zero-order valence-electron chi connectivity index (χ0n) is 9.34. The second-order valence-electron chi connectivity index (χ2n) is 3.36. The number of nitrogen functional groups attached to an aromatic ring is 1. The summed E-state index contributed by atoms with van der Waals surface area (Å²) in [6.07, 6.45) is 3.10. The summed E-state index contributed by atoms with van der Waals surface area (Å²) < 4.78 is 5.83. The Hall–Kier alpha value is -1.88. The molecule has 0 amide bonds. The molecule has 0 fully saturated rings. The van der Waals surface area contributed by atoms with Gasteiger partial charge in [0.15, 0.2) is 5.13 Å². The van der Waals surface area contributed by atoms with Crippen molar-refractivity contribution in [3.8, 4) is 0 Å². The molecule has 2 rings (SSSR count). The lowest BCUT2D eigenvalue weighted by Gasteiger charge is -1.95. The van der Waals surface area contributed by atoms with E-state index in [4.69, 9.17) is 10.5 Å². The van der Waals surface area contributed by atoms with Gasteiger partial charge in [0.25, 0.3) is 0 Å². The third kappa shape index (κ3) is 2.82. The Kier molecular flexibility index (Phi) is 3.39. The van der Waals surface area contributed by atoms with E-state index in [9.17, 15) is 4.79 Å². The van der Waals surface area contributed by atoms with Crippen LogP contribution in [0, 0.1) is 0 Å². The molecule has 1 heterocycles. The highest BCUT2D eigenvalue weighted by molar-refractivity contribution is 7.22. The van der Waals surface area contributed by atoms with Crippen molar-refractivity contribution in [2.75, 3.05) is 12.3 Å². The van der Waals surface area contributed by atoms with Gasteiger partial charge < -0.3 is 10.5 Å². The molecule has 17 heavy (non-hydrogen) atoms. The van der Waals surface area contributed by atoms with Crippen LogP contribution in [-0.4, -0.2) is 17.6 Å². The van der Waals surface area contributed by atoms with Crippen molar-refractivity contribution in [2.45, 2.75) is 6.92 Å². The smallest absolute Gasteiger partial charge is 0.330 e. The van der Waals surface area contributed by atoms with E-state index < -0.39 is 0 Å². The second-order valence-corrected chi connectivity index (χ2v) is 4.43. The maximum atomic E-state index is 11.1. The fourth-order valence-corrected chi connectivity index (χ4v) is 2.14. The topological polar surface area (TPSA) is 65.2 Å². The van der Waals surface area contributed by atoms with Crippen molar-refractivity contribution < 1.29 is 9.53 Å². The van der Waals surface area contributed by atoms with E-state index in [0.717, 1.165) is 15.8 Å². The van der Waals surface area contributed by atoms with Crippen molar-refractivity contribution in [1.82, 2.24) is 4.98 Å². The number of rotatable bonds is 3. The molecular formula is C12H12N2O2S. The minimum absolute atomic E-state index is 0.342. The molecule has 5 heteroatoms. The Morgan fingerprint density at radius 3 is 3.18 bits per heavy atom. The van der Waals surface area contributed by atoms with Gasteiger partial charge in [-0.1, -0.05) is 17.4 Å². The van der Waals surface area contributed by atoms with E-state index in [0.29, 0.717) is 11.7 Å². The molecule has 1 aromatic carbocycles. The third-order valence-electron chi connectivity index (χ3n) is 2.13. The third-order valence-corrected chi connectivity index (χ3v) is 2.99. The van der Waals surface area contributed by atoms with Crippen molar-refractivity contribution >= 4 is 38.7 Å². The van der Waals surface area contributed by atoms with Crippen LogP contribution < -0.4 is 5.73 Å². The van der Waals surface area contributed by atoms with E-state index in [-0.39, 0.29) is 5.97 Å². The SMILES string of the molecule is CCOC(=O)C=Cc1ccc2sc(N)nc2c1. The molecule has 0 aliphatic rings. The van der Waals surface area contributed by atoms with Crippen molar-refractivity contribution in [1.29, 1.82) is 0 Å². The van der Waals surface area contributed by atoms with Crippen LogP contribution >= 0.6 is 11.3 Å². The van der Waals surface area contributed by atoms with Crippen LogP contribution in [0.15, 0.2) is 24.3 Å². The zero-order valence-corrected chi connectivity index (χ0v) is 10.2. The number of hydrogen-bond donors (Lipinski definition) is 1. The first-order valence-electron chi connectivity index (χ1n) is 5.20. The first-order valence-corrected chi connectivity index (χ1v) is 6.01. The summed E-state index contributed by atoms with van der Waals surface area (Å²) in [7, 11) is 0. The van der Waals surface area contributed by atoms with Gasteiger partial charge in [0.05, 0.1) is 16.8 Å². The van der Waals surface area contributed by atoms with Crippen LogP contribution in [0.1, 0.15) is 12.5 Å². The van der Waals surface area contributed by atoms with Crippen LogP contribution in [0.2, 0.25) is 0 Å². The van der Waals surface area contributed by atoms with Crippen LogP contribution in [-0.2, 0) is 9.53 Å². The molecule has 4 nitrogen and oxygen atoms in total. The summed E-state index contributed by atoms with van der Waals surface area (Å²) in [5.74, 6) is -0.342. The number of hydrogen-bond acceptors (Lipinski definition) is 5. The number of benzene rings is 1. The van der Waals surface area contributed by atoms with Gasteiger partial charge in [0.1, 0.15) is 0 Å². The van der Waals surface area contributed by atoms with Gasteiger partial charge in [-0.15, -0.1) is 0 Å². The minimum Gasteiger partial charge on any atom is -0.463 e. The molecule has 0 aliphatic carbocycles. The highest BCUT2D eigenvalue weighted by Gasteiger charge is 2.01. The molecule has 1 aromatic heterocycles. The fourth-order valence-electron chi connectivity index (χ4n) is 1.42. The van der Waals surface area contributed by atoms with Crippen molar-refractivity contribution in [3.63, 3.8) is 0 Å². The molecular weight excluding hydrogens is 236 g/mol. The lowest BCUT2D eigenvalue weighted by Crippen LogP contribution is -1.98. The molecule has 0 atom stereocenters. The van der Waals surface area contributed by atoms with Gasteiger partial charge in [-0.05, 0) is 30.7 Å². The number of anilines is 1. The monoisotopic (exact) mass is 248 g/mol. The van der Waals surface area contributed by atoms with Crippen LogP contribution in [0.3, 0.4) is 0 Å². The van der Waals surface area contributed by atoms with E-state index in [1.807, 2.05) is 18.2 Å². The average Bonchev–Trinajstić information content (AvgIpc) is 2.66. The molecule has 0 saturated carbocycles. The molecule has 0 bridgehead atoms. The van der Waals surface area contributed by atoms with Crippen LogP contribution in [0.25, 0.3) is 16.3 Å². The quantitative estimate of drug-likeness (QED) is 0.669. The van der Waals surface area contributed by atoms with Crippen molar-refractivity contribution in [3.05, 3.63) is 29.8 Å². The molecule has 2 N–H and O–H groups in total. The largest absolute Gasteiger partial charge is 0.463 e. The number of nitrogens with two attached hydrogens (primary N) is 1. The summed E-state index contributed by atoms with van der Waals surface area (Å²) in [5.41, 5.74) is 7.36. The normalized spacial score (nSPS) is 11.1. The van der Waals surface area contributed by atoms with E-state index in [1.54, 1.807) is 13.0 Å². The predicted molar refractivity (Wildman–Crippen MR) is 69.7 cm³/mol. The number of carbonyl (C=O) groups excluding carboxylic acids is 1. The lowest BCUT2D eigenvalue weighted by atomic mass is 10.2. The molecule has 2 aromatic rings. The van der Waals surface area contributed by atoms with Gasteiger partial charge >= 0.3 is 5.97 Å². The summed E-state index contributed by atoms with van der Waals surface area (Å²) in [5, 5.41) is 0.548. The summed E-state index contributed by atoms with van der Waals surface area (Å²) in [6, 6.07) is 5.74. The zero-order chi connectivity index (χ0) is 12.3. The Bertz CT molecular complexity index is 575. The summed E-state index contributed by atoms with van der Waals surface area (Å²) >= 11 is 1.44. The predicted octanol–water partition coefficient (Wildman–Crippen LogP) is 2.45. The number of thiazole rings is 1. The number of ether oxygens (including phenoxy) is 1. The van der Waals surface area contributed by atoms with Gasteiger partial charge in [0, 0.05) is 6.08 Å². The van der Waals surface area contributed by atoms with Gasteiger partial charge in [-0.3, -0.25) is 0 Å². The van der Waals surface area contributed by atoms with Gasteiger partial charge in [-0.25, -0.2) is 9.78 Å². The van der Waals surface area contributed by atoms with Crippen LogP contribution in [0.5, 0.6) is 0 Å². The first-order chi connectivity index (χ1) is 8.19. The summed E-state index contributed by atoms with van der Waals surface area (Å²) in [6.45, 7) is 2.15. The number of nitrogens with zero attached hydrogens (tertiary/aromatic N) is 1. The maximum absolute atomic E-state index is 11.1. The van der Waals surface area contributed by atoms with Crippen molar-refractivity contribution in [2.24, 2.45) is 0 Å². The second kappa shape index (κ2) is 4.97. The Morgan fingerprint density at radius 2 is 2.41 bits per heavy atom. The molecule has 0 spiro atoms. The van der Waals surface area contributed by atoms with E-state index >= 15 is 0 Å². The number of fused-ring (bicyclic) bond motifs is 1. The van der Waals surface area contributed by atoms with Crippen LogP contribution in [0.4, 0.5) is 5.13 Å². The molecule has 0 radical (unpaired) electrons. The lowest BCUT2D eigenvalue weighted by molar-refractivity contribution is -0.137. The molecule has 0 aliphatic heterocycles. The highest BCUT2D eigenvalue weighted by atomic mass is 32.1. The molecule has 0 saturated heterocycles. The maximum Gasteiger partial charge on any atom is 0.330 e. The Labute approximate surface area is 103 Å². The number of esters is 1. The van der Waals surface area contributed by atoms with Gasteiger partial charge in [0.2, 0.25) is 0 Å². The fraction of sp³-hybridized carbons (Fsp3) is 0.167. The van der Waals surface area contributed by atoms with Gasteiger partial charge in [-0.2, -0.15) is 0 Å². The number of carbonyl (C=O) groups is 1. The number of aromatic nitrogens is 1. The molecule has 0 unspecified atom stereocenters. The Balaban J connectivity index is 2.21. The highest BCUT2D eigenvalue weighted by Crippen LogP contribution is 2.24. The first kappa shape index (κ1) is 11.6. The Morgan fingerprint density at radius 1 is 1.59 bits per heavy atom. The minimum atomic E-state index is -0.342. The molecule has 88 valence electrons. The summed E-state index contributed by atoms with van der Waals surface area (Å²) in [4.78, 5) is 15.3. The standard InChI is InChI=1S/C12H12N2O2S/c1-2-16-11(15)6-4-8-3-5-10-9(7-8)14-12(13)17-10/h3-7H,2H2,1H3,(H2,13,14). The van der Waals surface area contributed by atoms with E-state index in [1.165, 1.54) is 17.4 Å².